The molecule has 3 nitrogen and oxygen atoms in total. The third-order valence-electron chi connectivity index (χ3n) is 2.71. The van der Waals surface area contributed by atoms with E-state index < -0.39 is 23.6 Å². The highest BCUT2D eigenvalue weighted by molar-refractivity contribution is 9.10. The van der Waals surface area contributed by atoms with Gasteiger partial charge in [-0.05, 0) is 42.5 Å². The van der Waals surface area contributed by atoms with Gasteiger partial charge in [0.25, 0.3) is 0 Å². The quantitative estimate of drug-likeness (QED) is 0.896. The predicted octanol–water partition coefficient (Wildman–Crippen LogP) is 3.37. The van der Waals surface area contributed by atoms with E-state index in [1.54, 1.807) is 0 Å². The first-order valence-corrected chi connectivity index (χ1v) is 6.53. The Labute approximate surface area is 122 Å². The highest BCUT2D eigenvalue weighted by Crippen LogP contribution is 2.27. The molecule has 0 bridgehead atoms. The minimum Gasteiger partial charge on any atom is -0.370 e. The molecule has 0 aliphatic carbocycles. The summed E-state index contributed by atoms with van der Waals surface area (Å²) in [4.78, 5) is 11.6. The number of rotatable bonds is 4. The number of hydrogen-bond donors (Lipinski definition) is 2. The Kier molecular flexibility index (Phi) is 4.34. The molecule has 20 heavy (non-hydrogen) atoms. The Hall–Kier alpha value is -1.95. The molecule has 0 saturated carbocycles. The summed E-state index contributed by atoms with van der Waals surface area (Å²) >= 11 is 3.25. The molecule has 6 heteroatoms. The Balaban J connectivity index is 2.34. The third kappa shape index (κ3) is 3.33. The van der Waals surface area contributed by atoms with Crippen LogP contribution >= 0.6 is 15.9 Å². The summed E-state index contributed by atoms with van der Waals surface area (Å²) in [7, 11) is 0. The Bertz CT molecular complexity index is 632. The molecule has 3 N–H and O–H groups in total. The van der Waals surface area contributed by atoms with Crippen LogP contribution in [0.25, 0.3) is 0 Å². The van der Waals surface area contributed by atoms with E-state index in [0.29, 0.717) is 15.7 Å². The second kappa shape index (κ2) is 6.00. The van der Waals surface area contributed by atoms with E-state index in [1.165, 1.54) is 42.5 Å². The van der Waals surface area contributed by atoms with Gasteiger partial charge in [0.05, 0.1) is 0 Å². The minimum atomic E-state index is -0.925. The zero-order chi connectivity index (χ0) is 14.7. The lowest BCUT2D eigenvalue weighted by Crippen LogP contribution is -2.28. The number of nitrogens with one attached hydrogen (secondary N) is 1. The number of hydrogen-bond acceptors (Lipinski definition) is 2. The molecule has 0 aliphatic rings. The summed E-state index contributed by atoms with van der Waals surface area (Å²) in [6, 6.07) is 8.50. The number of carbonyl (C=O) groups is 1. The van der Waals surface area contributed by atoms with Gasteiger partial charge in [-0.1, -0.05) is 15.9 Å². The Morgan fingerprint density at radius 2 is 1.70 bits per heavy atom. The number of amides is 1. The smallest absolute Gasteiger partial charge is 0.244 e. The molecule has 0 aliphatic heterocycles. The SMILES string of the molecule is NC(=O)C(Nc1ccc(F)cc1)c1cc(F)ccc1Br. The van der Waals surface area contributed by atoms with Gasteiger partial charge in [0.2, 0.25) is 5.91 Å². The highest BCUT2D eigenvalue weighted by Gasteiger charge is 2.20. The van der Waals surface area contributed by atoms with Crippen molar-refractivity contribution in [3.05, 3.63) is 64.1 Å². The lowest BCUT2D eigenvalue weighted by Gasteiger charge is -2.18. The van der Waals surface area contributed by atoms with Crippen LogP contribution in [0.2, 0.25) is 0 Å². The summed E-state index contributed by atoms with van der Waals surface area (Å²) < 4.78 is 26.7. The first kappa shape index (κ1) is 14.5. The average molecular weight is 341 g/mol. The number of carbonyl (C=O) groups excluding carboxylic acids is 1. The summed E-state index contributed by atoms with van der Waals surface area (Å²) in [5.41, 5.74) is 6.23. The molecule has 2 aromatic rings. The maximum Gasteiger partial charge on any atom is 0.244 e. The zero-order valence-electron chi connectivity index (χ0n) is 10.2. The molecule has 2 rings (SSSR count). The van der Waals surface area contributed by atoms with Gasteiger partial charge >= 0.3 is 0 Å². The monoisotopic (exact) mass is 340 g/mol. The standard InChI is InChI=1S/C14H11BrF2N2O/c15-12-6-3-9(17)7-11(12)13(14(18)20)19-10-4-1-8(16)2-5-10/h1-7,13,19H,(H2,18,20). The summed E-state index contributed by atoms with van der Waals surface area (Å²) in [5, 5.41) is 2.85. The largest absolute Gasteiger partial charge is 0.370 e. The number of halogens is 3. The van der Waals surface area contributed by atoms with Crippen molar-refractivity contribution in [1.29, 1.82) is 0 Å². The van der Waals surface area contributed by atoms with Crippen molar-refractivity contribution in [3.63, 3.8) is 0 Å². The van der Waals surface area contributed by atoms with Crippen LogP contribution in [0.4, 0.5) is 14.5 Å². The molecule has 0 radical (unpaired) electrons. The van der Waals surface area contributed by atoms with Gasteiger partial charge in [0, 0.05) is 15.7 Å². The Morgan fingerprint density at radius 3 is 2.30 bits per heavy atom. The lowest BCUT2D eigenvalue weighted by atomic mass is 10.1. The summed E-state index contributed by atoms with van der Waals surface area (Å²) in [5.74, 6) is -1.53. The van der Waals surface area contributed by atoms with Gasteiger partial charge in [0.15, 0.2) is 0 Å². The molecular formula is C14H11BrF2N2O. The second-order valence-electron chi connectivity index (χ2n) is 4.15. The van der Waals surface area contributed by atoms with E-state index >= 15 is 0 Å². The maximum absolute atomic E-state index is 13.3. The van der Waals surface area contributed by atoms with E-state index in [0.717, 1.165) is 0 Å². The van der Waals surface area contributed by atoms with Crippen molar-refractivity contribution in [1.82, 2.24) is 0 Å². The van der Waals surface area contributed by atoms with Gasteiger partial charge in [-0.2, -0.15) is 0 Å². The fraction of sp³-hybridized carbons (Fsp3) is 0.0714. The number of primary amides is 1. The van der Waals surface area contributed by atoms with Gasteiger partial charge in [0.1, 0.15) is 17.7 Å². The van der Waals surface area contributed by atoms with Crippen molar-refractivity contribution < 1.29 is 13.6 Å². The van der Waals surface area contributed by atoms with Gasteiger partial charge in [-0.25, -0.2) is 8.78 Å². The van der Waals surface area contributed by atoms with Crippen LogP contribution in [-0.4, -0.2) is 5.91 Å². The molecule has 0 aromatic heterocycles. The molecule has 0 saturated heterocycles. The molecule has 1 amide bonds. The first-order valence-electron chi connectivity index (χ1n) is 5.74. The van der Waals surface area contributed by atoms with Crippen LogP contribution in [0.1, 0.15) is 11.6 Å². The van der Waals surface area contributed by atoms with Crippen LogP contribution in [0.15, 0.2) is 46.9 Å². The first-order chi connectivity index (χ1) is 9.47. The third-order valence-corrected chi connectivity index (χ3v) is 3.43. The average Bonchev–Trinajstić information content (AvgIpc) is 2.41. The molecule has 104 valence electrons. The zero-order valence-corrected chi connectivity index (χ0v) is 11.8. The van der Waals surface area contributed by atoms with Crippen LogP contribution in [0.3, 0.4) is 0 Å². The van der Waals surface area contributed by atoms with Crippen LogP contribution < -0.4 is 11.1 Å². The second-order valence-corrected chi connectivity index (χ2v) is 5.01. The van der Waals surface area contributed by atoms with E-state index in [2.05, 4.69) is 21.2 Å². The van der Waals surface area contributed by atoms with E-state index in [1.807, 2.05) is 0 Å². The molecule has 2 aromatic carbocycles. The van der Waals surface area contributed by atoms with Crippen molar-refractivity contribution in [3.8, 4) is 0 Å². The molecule has 0 fully saturated rings. The van der Waals surface area contributed by atoms with Gasteiger partial charge < -0.3 is 11.1 Å². The fourth-order valence-electron chi connectivity index (χ4n) is 1.75. The van der Waals surface area contributed by atoms with E-state index in [9.17, 15) is 13.6 Å². The number of anilines is 1. The van der Waals surface area contributed by atoms with Gasteiger partial charge in [-0.3, -0.25) is 4.79 Å². The van der Waals surface area contributed by atoms with Crippen LogP contribution in [0, 0.1) is 11.6 Å². The molecule has 0 spiro atoms. The maximum atomic E-state index is 13.3. The van der Waals surface area contributed by atoms with Crippen molar-refractivity contribution in [2.75, 3.05) is 5.32 Å². The molecule has 0 heterocycles. The highest BCUT2D eigenvalue weighted by atomic mass is 79.9. The van der Waals surface area contributed by atoms with Crippen molar-refractivity contribution >= 4 is 27.5 Å². The Morgan fingerprint density at radius 1 is 1.10 bits per heavy atom. The van der Waals surface area contributed by atoms with Crippen molar-refractivity contribution in [2.45, 2.75) is 6.04 Å². The number of nitrogens with two attached hydrogens (primary N) is 1. The fourth-order valence-corrected chi connectivity index (χ4v) is 2.23. The number of benzene rings is 2. The van der Waals surface area contributed by atoms with Crippen LogP contribution in [0.5, 0.6) is 0 Å². The predicted molar refractivity (Wildman–Crippen MR) is 76.1 cm³/mol. The topological polar surface area (TPSA) is 55.1 Å². The molecule has 1 atom stereocenters. The van der Waals surface area contributed by atoms with E-state index in [-0.39, 0.29) is 0 Å². The van der Waals surface area contributed by atoms with Crippen molar-refractivity contribution in [2.24, 2.45) is 5.73 Å². The summed E-state index contributed by atoms with van der Waals surface area (Å²) in [6.45, 7) is 0. The van der Waals surface area contributed by atoms with E-state index in [4.69, 9.17) is 5.73 Å². The molecule has 1 unspecified atom stereocenters. The minimum absolute atomic E-state index is 0.377. The summed E-state index contributed by atoms with van der Waals surface area (Å²) in [6.07, 6.45) is 0. The van der Waals surface area contributed by atoms with Gasteiger partial charge in [-0.15, -0.1) is 0 Å². The lowest BCUT2D eigenvalue weighted by molar-refractivity contribution is -0.118. The van der Waals surface area contributed by atoms with Crippen LogP contribution in [-0.2, 0) is 4.79 Å². The normalized spacial score (nSPS) is 11.9. The molecular weight excluding hydrogens is 330 g/mol.